The fourth-order valence-corrected chi connectivity index (χ4v) is 1.45. The number of ether oxygens (including phenoxy) is 1. The van der Waals surface area contributed by atoms with Crippen LogP contribution in [-0.4, -0.2) is 48.6 Å². The standard InChI is InChI=1S/C13H26N2O3/c1-6-14-11(16)10-15(7-2)9-8-12(17)18-13(3,4)5/h6-10H2,1-5H3,(H,14,16). The molecule has 0 aromatic heterocycles. The Labute approximate surface area is 110 Å². The van der Waals surface area contributed by atoms with E-state index in [-0.39, 0.29) is 11.9 Å². The van der Waals surface area contributed by atoms with Crippen molar-refractivity contribution in [2.75, 3.05) is 26.2 Å². The van der Waals surface area contributed by atoms with Gasteiger partial charge >= 0.3 is 5.97 Å². The molecule has 0 unspecified atom stereocenters. The highest BCUT2D eigenvalue weighted by Crippen LogP contribution is 2.08. The fraction of sp³-hybridized carbons (Fsp3) is 0.846. The third-order valence-corrected chi connectivity index (χ3v) is 2.24. The molecule has 0 saturated heterocycles. The summed E-state index contributed by atoms with van der Waals surface area (Å²) in [5, 5.41) is 2.74. The molecule has 0 saturated carbocycles. The molecule has 5 heteroatoms. The Balaban J connectivity index is 4.00. The molecule has 0 heterocycles. The van der Waals surface area contributed by atoms with Crippen molar-refractivity contribution in [1.82, 2.24) is 10.2 Å². The Morgan fingerprint density at radius 2 is 1.83 bits per heavy atom. The molecule has 0 aromatic carbocycles. The van der Waals surface area contributed by atoms with E-state index in [1.54, 1.807) is 0 Å². The van der Waals surface area contributed by atoms with Crippen LogP contribution < -0.4 is 5.32 Å². The lowest BCUT2D eigenvalue weighted by molar-refractivity contribution is -0.155. The molecule has 1 N–H and O–H groups in total. The molecule has 0 radical (unpaired) electrons. The molecule has 0 fully saturated rings. The Morgan fingerprint density at radius 3 is 2.28 bits per heavy atom. The highest BCUT2D eigenvalue weighted by atomic mass is 16.6. The van der Waals surface area contributed by atoms with Gasteiger partial charge in [0.15, 0.2) is 0 Å². The van der Waals surface area contributed by atoms with Gasteiger partial charge in [0, 0.05) is 13.1 Å². The highest BCUT2D eigenvalue weighted by molar-refractivity contribution is 5.78. The summed E-state index contributed by atoms with van der Waals surface area (Å²) >= 11 is 0. The van der Waals surface area contributed by atoms with Crippen molar-refractivity contribution in [2.45, 2.75) is 46.6 Å². The first-order chi connectivity index (χ1) is 8.28. The van der Waals surface area contributed by atoms with Crippen LogP contribution in [0.3, 0.4) is 0 Å². The summed E-state index contributed by atoms with van der Waals surface area (Å²) in [6.07, 6.45) is 0.310. The van der Waals surface area contributed by atoms with Crippen LogP contribution in [0.2, 0.25) is 0 Å². The summed E-state index contributed by atoms with van der Waals surface area (Å²) in [7, 11) is 0. The quantitative estimate of drug-likeness (QED) is 0.697. The largest absolute Gasteiger partial charge is 0.460 e. The maximum absolute atomic E-state index is 11.5. The van der Waals surface area contributed by atoms with Crippen molar-refractivity contribution in [3.05, 3.63) is 0 Å². The fourth-order valence-electron chi connectivity index (χ4n) is 1.45. The molecule has 106 valence electrons. The van der Waals surface area contributed by atoms with E-state index in [9.17, 15) is 9.59 Å². The monoisotopic (exact) mass is 258 g/mol. The Morgan fingerprint density at radius 1 is 1.22 bits per heavy atom. The number of likely N-dealkylation sites (N-methyl/N-ethyl adjacent to an activating group) is 2. The summed E-state index contributed by atoms with van der Waals surface area (Å²) in [5.41, 5.74) is -0.451. The molecule has 0 aromatic rings. The lowest BCUT2D eigenvalue weighted by Crippen LogP contribution is -2.38. The number of rotatable bonds is 7. The second-order valence-electron chi connectivity index (χ2n) is 5.16. The number of esters is 1. The molecule has 0 aliphatic rings. The average molecular weight is 258 g/mol. The third-order valence-electron chi connectivity index (χ3n) is 2.24. The highest BCUT2D eigenvalue weighted by Gasteiger charge is 2.17. The predicted molar refractivity (Wildman–Crippen MR) is 71.3 cm³/mol. The first kappa shape index (κ1) is 16.9. The first-order valence-corrected chi connectivity index (χ1v) is 6.49. The maximum Gasteiger partial charge on any atom is 0.307 e. The van der Waals surface area contributed by atoms with Crippen molar-refractivity contribution in [1.29, 1.82) is 0 Å². The Hall–Kier alpha value is -1.10. The van der Waals surface area contributed by atoms with Gasteiger partial charge in [0.25, 0.3) is 0 Å². The molecule has 0 rings (SSSR count). The third kappa shape index (κ3) is 8.98. The number of hydrogen-bond donors (Lipinski definition) is 1. The van der Waals surface area contributed by atoms with E-state index in [1.165, 1.54) is 0 Å². The average Bonchev–Trinajstić information content (AvgIpc) is 2.22. The van der Waals surface area contributed by atoms with Gasteiger partial charge in [0.2, 0.25) is 5.91 Å². The van der Waals surface area contributed by atoms with Crippen LogP contribution in [0.4, 0.5) is 0 Å². The first-order valence-electron chi connectivity index (χ1n) is 6.49. The lowest BCUT2D eigenvalue weighted by atomic mass is 10.2. The molecule has 0 aliphatic heterocycles. The summed E-state index contributed by atoms with van der Waals surface area (Å²) in [6.45, 7) is 11.6. The van der Waals surface area contributed by atoms with Gasteiger partial charge in [-0.25, -0.2) is 0 Å². The van der Waals surface area contributed by atoms with E-state index in [0.717, 1.165) is 6.54 Å². The van der Waals surface area contributed by atoms with Crippen molar-refractivity contribution in [2.24, 2.45) is 0 Å². The topological polar surface area (TPSA) is 58.6 Å². The summed E-state index contributed by atoms with van der Waals surface area (Å²) < 4.78 is 5.22. The molecule has 5 nitrogen and oxygen atoms in total. The van der Waals surface area contributed by atoms with Crippen molar-refractivity contribution < 1.29 is 14.3 Å². The minimum Gasteiger partial charge on any atom is -0.460 e. The molecular weight excluding hydrogens is 232 g/mol. The molecule has 0 bridgehead atoms. The van der Waals surface area contributed by atoms with Gasteiger partial charge in [-0.05, 0) is 34.2 Å². The zero-order chi connectivity index (χ0) is 14.2. The molecular formula is C13H26N2O3. The zero-order valence-electron chi connectivity index (χ0n) is 12.2. The summed E-state index contributed by atoms with van der Waals surface area (Å²) in [6, 6.07) is 0. The molecule has 0 atom stereocenters. The van der Waals surface area contributed by atoms with Crippen LogP contribution in [0.5, 0.6) is 0 Å². The second kappa shape index (κ2) is 8.08. The zero-order valence-corrected chi connectivity index (χ0v) is 12.2. The normalized spacial score (nSPS) is 11.4. The minimum absolute atomic E-state index is 0.0106. The maximum atomic E-state index is 11.5. The van der Waals surface area contributed by atoms with Gasteiger partial charge in [0.1, 0.15) is 5.60 Å². The number of carbonyl (C=O) groups excluding carboxylic acids is 2. The number of nitrogens with one attached hydrogen (secondary N) is 1. The second-order valence-corrected chi connectivity index (χ2v) is 5.16. The molecule has 18 heavy (non-hydrogen) atoms. The Bertz CT molecular complexity index is 272. The number of hydrogen-bond acceptors (Lipinski definition) is 4. The number of carbonyl (C=O) groups is 2. The van der Waals surface area contributed by atoms with Crippen molar-refractivity contribution in [3.63, 3.8) is 0 Å². The molecule has 0 spiro atoms. The van der Waals surface area contributed by atoms with Gasteiger partial charge in [-0.2, -0.15) is 0 Å². The number of amides is 1. The summed E-state index contributed by atoms with van der Waals surface area (Å²) in [5.74, 6) is -0.236. The SMILES string of the molecule is CCNC(=O)CN(CC)CCC(=O)OC(C)(C)C. The van der Waals surface area contributed by atoms with Crippen LogP contribution >= 0.6 is 0 Å². The van der Waals surface area contributed by atoms with E-state index in [2.05, 4.69) is 5.32 Å². The van der Waals surface area contributed by atoms with E-state index < -0.39 is 5.60 Å². The van der Waals surface area contributed by atoms with Crippen LogP contribution in [-0.2, 0) is 14.3 Å². The molecule has 1 amide bonds. The van der Waals surface area contributed by atoms with Crippen LogP contribution in [0.1, 0.15) is 41.0 Å². The van der Waals surface area contributed by atoms with E-state index >= 15 is 0 Å². The van der Waals surface area contributed by atoms with Crippen LogP contribution in [0.15, 0.2) is 0 Å². The van der Waals surface area contributed by atoms with Crippen LogP contribution in [0.25, 0.3) is 0 Å². The Kier molecular flexibility index (Phi) is 7.59. The predicted octanol–water partition coefficient (Wildman–Crippen LogP) is 1.18. The van der Waals surface area contributed by atoms with E-state index in [0.29, 0.717) is 26.1 Å². The van der Waals surface area contributed by atoms with Gasteiger partial charge in [-0.1, -0.05) is 6.92 Å². The van der Waals surface area contributed by atoms with Gasteiger partial charge in [-0.3, -0.25) is 14.5 Å². The lowest BCUT2D eigenvalue weighted by Gasteiger charge is -2.22. The van der Waals surface area contributed by atoms with Gasteiger partial charge in [0.05, 0.1) is 13.0 Å². The van der Waals surface area contributed by atoms with E-state index in [1.807, 2.05) is 39.5 Å². The minimum atomic E-state index is -0.451. The number of nitrogens with zero attached hydrogens (tertiary/aromatic N) is 1. The van der Waals surface area contributed by atoms with Gasteiger partial charge in [-0.15, -0.1) is 0 Å². The summed E-state index contributed by atoms with van der Waals surface area (Å²) in [4.78, 5) is 24.9. The van der Waals surface area contributed by atoms with Crippen LogP contribution in [0, 0.1) is 0 Å². The van der Waals surface area contributed by atoms with Gasteiger partial charge < -0.3 is 10.1 Å². The molecule has 0 aliphatic carbocycles. The van der Waals surface area contributed by atoms with E-state index in [4.69, 9.17) is 4.74 Å². The van der Waals surface area contributed by atoms with Crippen molar-refractivity contribution >= 4 is 11.9 Å². The van der Waals surface area contributed by atoms with Crippen molar-refractivity contribution in [3.8, 4) is 0 Å². The smallest absolute Gasteiger partial charge is 0.307 e.